The van der Waals surface area contributed by atoms with E-state index in [1.807, 2.05) is 6.07 Å². The molecule has 3 aliphatic heterocycles. The van der Waals surface area contributed by atoms with E-state index in [4.69, 9.17) is 0 Å². The van der Waals surface area contributed by atoms with Gasteiger partial charge < -0.3 is 20.9 Å². The van der Waals surface area contributed by atoms with Gasteiger partial charge in [0.15, 0.2) is 0 Å². The van der Waals surface area contributed by atoms with Gasteiger partial charge in [0.25, 0.3) is 0 Å². The standard InChI is InChI=1S/C23H25N5O5S/c29-21-3-1-2-15-12-17(4-6-19(15)25-21)24-23(31)27-8-10-28(11-9-27)34(32,33)18-5-7-20-16(13-18)14-22(30)26-20/h4-7,12-13H,1-3,8-11,14H2,(H,24,31)(H,25,29)(H,26,30). The van der Waals surface area contributed by atoms with Crippen molar-refractivity contribution in [3.63, 3.8) is 0 Å². The summed E-state index contributed by atoms with van der Waals surface area (Å²) in [7, 11) is -3.73. The summed E-state index contributed by atoms with van der Waals surface area (Å²) in [5.74, 6) is -0.156. The minimum Gasteiger partial charge on any atom is -0.326 e. The van der Waals surface area contributed by atoms with Gasteiger partial charge in [-0.15, -0.1) is 0 Å². The van der Waals surface area contributed by atoms with Gasteiger partial charge in [-0.05, 0) is 60.4 Å². The Balaban J connectivity index is 1.21. The van der Waals surface area contributed by atoms with Gasteiger partial charge in [0.2, 0.25) is 21.8 Å². The molecule has 1 fully saturated rings. The van der Waals surface area contributed by atoms with Gasteiger partial charge in [-0.3, -0.25) is 9.59 Å². The maximum atomic E-state index is 13.1. The number of hydrogen-bond donors (Lipinski definition) is 3. The lowest BCUT2D eigenvalue weighted by molar-refractivity contribution is -0.116. The number of piperazine rings is 1. The molecule has 5 rings (SSSR count). The Labute approximate surface area is 197 Å². The minimum atomic E-state index is -3.73. The third kappa shape index (κ3) is 4.36. The average molecular weight is 484 g/mol. The van der Waals surface area contributed by atoms with Crippen LogP contribution in [0, 0.1) is 0 Å². The molecule has 3 N–H and O–H groups in total. The second-order valence-corrected chi connectivity index (χ2v) is 10.6. The van der Waals surface area contributed by atoms with E-state index in [0.717, 1.165) is 24.1 Å². The lowest BCUT2D eigenvalue weighted by atomic mass is 10.1. The molecule has 34 heavy (non-hydrogen) atoms. The SMILES string of the molecule is O=C1CCCc2cc(NC(=O)N3CCN(S(=O)(=O)c4ccc5c(c4)CC(=O)N5)CC3)ccc2N1. The normalized spacial score (nSPS) is 18.4. The first-order chi connectivity index (χ1) is 16.3. The average Bonchev–Trinajstić information content (AvgIpc) is 3.09. The number of fused-ring (bicyclic) bond motifs is 2. The van der Waals surface area contributed by atoms with Gasteiger partial charge in [0.1, 0.15) is 0 Å². The van der Waals surface area contributed by atoms with Crippen molar-refractivity contribution in [1.29, 1.82) is 0 Å². The highest BCUT2D eigenvalue weighted by molar-refractivity contribution is 7.89. The number of nitrogens with one attached hydrogen (secondary N) is 3. The van der Waals surface area contributed by atoms with E-state index < -0.39 is 10.0 Å². The molecule has 2 aromatic carbocycles. The molecule has 0 aromatic heterocycles. The Kier molecular flexibility index (Phi) is 5.74. The summed E-state index contributed by atoms with van der Waals surface area (Å²) in [5.41, 5.74) is 3.70. The van der Waals surface area contributed by atoms with Crippen LogP contribution in [0.2, 0.25) is 0 Å². The van der Waals surface area contributed by atoms with Gasteiger partial charge in [-0.2, -0.15) is 4.31 Å². The number of aryl methyl sites for hydroxylation is 1. The summed E-state index contributed by atoms with van der Waals surface area (Å²) in [6, 6.07) is 9.77. The number of carbonyl (C=O) groups is 3. The van der Waals surface area contributed by atoms with E-state index in [2.05, 4.69) is 16.0 Å². The molecule has 0 radical (unpaired) electrons. The van der Waals surface area contributed by atoms with Crippen LogP contribution in [0.25, 0.3) is 0 Å². The van der Waals surface area contributed by atoms with Crippen LogP contribution >= 0.6 is 0 Å². The van der Waals surface area contributed by atoms with Gasteiger partial charge in [0, 0.05) is 49.7 Å². The smallest absolute Gasteiger partial charge is 0.321 e. The summed E-state index contributed by atoms with van der Waals surface area (Å²) in [4.78, 5) is 37.8. The molecule has 10 nitrogen and oxygen atoms in total. The molecular weight excluding hydrogens is 458 g/mol. The van der Waals surface area contributed by atoms with E-state index in [1.54, 1.807) is 29.2 Å². The molecule has 0 unspecified atom stereocenters. The number of carbonyl (C=O) groups excluding carboxylic acids is 3. The molecule has 3 aliphatic rings. The van der Waals surface area contributed by atoms with Crippen LogP contribution in [-0.2, 0) is 32.5 Å². The van der Waals surface area contributed by atoms with Gasteiger partial charge in [-0.1, -0.05) is 0 Å². The number of amides is 4. The van der Waals surface area contributed by atoms with Crippen molar-refractivity contribution in [2.75, 3.05) is 42.1 Å². The molecule has 4 amide bonds. The molecule has 0 bridgehead atoms. The zero-order valence-electron chi connectivity index (χ0n) is 18.5. The van der Waals surface area contributed by atoms with Crippen LogP contribution in [0.3, 0.4) is 0 Å². The van der Waals surface area contributed by atoms with Crippen LogP contribution in [-0.4, -0.2) is 61.6 Å². The van der Waals surface area contributed by atoms with Crippen LogP contribution < -0.4 is 16.0 Å². The van der Waals surface area contributed by atoms with E-state index in [0.29, 0.717) is 23.4 Å². The molecule has 11 heteroatoms. The van der Waals surface area contributed by atoms with Crippen molar-refractivity contribution in [3.8, 4) is 0 Å². The molecule has 1 saturated heterocycles. The van der Waals surface area contributed by atoms with E-state index in [-0.39, 0.29) is 55.3 Å². The van der Waals surface area contributed by atoms with Crippen LogP contribution in [0.1, 0.15) is 24.0 Å². The van der Waals surface area contributed by atoms with Crippen molar-refractivity contribution in [2.45, 2.75) is 30.6 Å². The fourth-order valence-electron chi connectivity index (χ4n) is 4.50. The molecule has 3 heterocycles. The van der Waals surface area contributed by atoms with Crippen molar-refractivity contribution < 1.29 is 22.8 Å². The number of rotatable bonds is 3. The highest BCUT2D eigenvalue weighted by Crippen LogP contribution is 2.28. The number of hydrogen-bond acceptors (Lipinski definition) is 5. The molecule has 0 atom stereocenters. The van der Waals surface area contributed by atoms with Crippen molar-refractivity contribution in [1.82, 2.24) is 9.21 Å². The summed E-state index contributed by atoms with van der Waals surface area (Å²) < 4.78 is 27.6. The lowest BCUT2D eigenvalue weighted by Gasteiger charge is -2.34. The second kappa shape index (κ2) is 8.73. The Morgan fingerprint density at radius 3 is 2.35 bits per heavy atom. The molecule has 0 saturated carbocycles. The predicted molar refractivity (Wildman–Crippen MR) is 126 cm³/mol. The maximum Gasteiger partial charge on any atom is 0.321 e. The number of benzene rings is 2. The van der Waals surface area contributed by atoms with Crippen molar-refractivity contribution in [2.24, 2.45) is 0 Å². The van der Waals surface area contributed by atoms with E-state index >= 15 is 0 Å². The first-order valence-electron chi connectivity index (χ1n) is 11.2. The topological polar surface area (TPSA) is 128 Å². The quantitative estimate of drug-likeness (QED) is 0.615. The second-order valence-electron chi connectivity index (χ2n) is 8.64. The molecular formula is C23H25N5O5S. The Bertz CT molecular complexity index is 1280. The Morgan fingerprint density at radius 1 is 0.853 bits per heavy atom. The molecule has 178 valence electrons. The zero-order valence-corrected chi connectivity index (χ0v) is 19.3. The molecule has 2 aromatic rings. The third-order valence-electron chi connectivity index (χ3n) is 6.35. The number of anilines is 3. The largest absolute Gasteiger partial charge is 0.326 e. The fourth-order valence-corrected chi connectivity index (χ4v) is 5.97. The van der Waals surface area contributed by atoms with Gasteiger partial charge >= 0.3 is 6.03 Å². The monoisotopic (exact) mass is 483 g/mol. The summed E-state index contributed by atoms with van der Waals surface area (Å²) in [6.45, 7) is 0.883. The number of urea groups is 1. The van der Waals surface area contributed by atoms with Crippen LogP contribution in [0.5, 0.6) is 0 Å². The summed E-state index contributed by atoms with van der Waals surface area (Å²) >= 11 is 0. The van der Waals surface area contributed by atoms with E-state index in [1.165, 1.54) is 10.4 Å². The van der Waals surface area contributed by atoms with Crippen LogP contribution in [0.15, 0.2) is 41.3 Å². The Hall–Kier alpha value is -3.44. The first kappa shape index (κ1) is 22.4. The maximum absolute atomic E-state index is 13.1. The van der Waals surface area contributed by atoms with E-state index in [9.17, 15) is 22.8 Å². The predicted octanol–water partition coefficient (Wildman–Crippen LogP) is 1.99. The van der Waals surface area contributed by atoms with Gasteiger partial charge in [-0.25, -0.2) is 13.2 Å². The third-order valence-corrected chi connectivity index (χ3v) is 8.24. The molecule has 0 aliphatic carbocycles. The summed E-state index contributed by atoms with van der Waals surface area (Å²) in [6.07, 6.45) is 2.15. The lowest BCUT2D eigenvalue weighted by Crippen LogP contribution is -2.51. The number of sulfonamides is 1. The first-order valence-corrected chi connectivity index (χ1v) is 12.7. The summed E-state index contributed by atoms with van der Waals surface area (Å²) in [5, 5.41) is 8.45. The Morgan fingerprint density at radius 2 is 1.56 bits per heavy atom. The van der Waals surface area contributed by atoms with Gasteiger partial charge in [0.05, 0.1) is 11.3 Å². The molecule has 0 spiro atoms. The van der Waals surface area contributed by atoms with Crippen LogP contribution in [0.4, 0.5) is 21.9 Å². The highest BCUT2D eigenvalue weighted by Gasteiger charge is 2.31. The fraction of sp³-hybridized carbons (Fsp3) is 0.348. The van der Waals surface area contributed by atoms with Crippen molar-refractivity contribution in [3.05, 3.63) is 47.5 Å². The zero-order chi connectivity index (χ0) is 23.9. The highest BCUT2D eigenvalue weighted by atomic mass is 32.2. The van der Waals surface area contributed by atoms with Crippen molar-refractivity contribution >= 4 is 44.9 Å². The minimum absolute atomic E-state index is 0.00611. The number of nitrogens with zero attached hydrogens (tertiary/aromatic N) is 2.